The second-order valence-corrected chi connectivity index (χ2v) is 6.14. The van der Waals surface area contributed by atoms with Crippen LogP contribution in [0.4, 0.5) is 17.6 Å². The average Bonchev–Trinajstić information content (AvgIpc) is 2.81. The summed E-state index contributed by atoms with van der Waals surface area (Å²) in [7, 11) is 0. The molecule has 1 atom stereocenters. The fourth-order valence-electron chi connectivity index (χ4n) is 1.96. The average molecular weight is 339 g/mol. The van der Waals surface area contributed by atoms with Crippen molar-refractivity contribution in [2.45, 2.75) is 18.6 Å². The molecule has 0 fully saturated rings. The molecule has 0 aliphatic rings. The fourth-order valence-corrected chi connectivity index (χ4v) is 3.09. The third-order valence-corrected chi connectivity index (χ3v) is 4.20. The number of thiophene rings is 1. The normalized spacial score (nSPS) is 13.4. The summed E-state index contributed by atoms with van der Waals surface area (Å²) in [5.41, 5.74) is 0.922. The van der Waals surface area contributed by atoms with Crippen molar-refractivity contribution in [2.75, 3.05) is 0 Å². The van der Waals surface area contributed by atoms with Gasteiger partial charge >= 0.3 is 6.18 Å². The van der Waals surface area contributed by atoms with Gasteiger partial charge in [0.25, 0.3) is 0 Å². The summed E-state index contributed by atoms with van der Waals surface area (Å²) < 4.78 is 52.8. The number of hydrogen-bond donors (Lipinski definition) is 2. The number of alkyl halides is 3. The molecule has 1 aromatic heterocycles. The standard InChI is InChI=1S/C13H11ClF4N2S/c14-11-5-4-7(21-11)6-10(20-19)8-2-1-3-9(12(8)15)13(16,17)18/h1-5,10,20H,6,19H2. The van der Waals surface area contributed by atoms with Crippen LogP contribution in [-0.2, 0) is 12.6 Å². The predicted molar refractivity (Wildman–Crippen MR) is 74.5 cm³/mol. The van der Waals surface area contributed by atoms with Gasteiger partial charge < -0.3 is 0 Å². The maximum atomic E-state index is 14.1. The number of halogens is 5. The Balaban J connectivity index is 2.34. The Hall–Kier alpha value is -1.15. The SMILES string of the molecule is NNC(Cc1ccc(Cl)s1)c1cccc(C(F)(F)F)c1F. The van der Waals surface area contributed by atoms with Crippen LogP contribution in [0.2, 0.25) is 4.34 Å². The first kappa shape index (κ1) is 16.2. The molecule has 0 aliphatic carbocycles. The van der Waals surface area contributed by atoms with E-state index in [1.165, 1.54) is 17.4 Å². The van der Waals surface area contributed by atoms with Crippen LogP contribution in [0.3, 0.4) is 0 Å². The molecule has 0 saturated heterocycles. The number of nitrogens with two attached hydrogens (primary N) is 1. The van der Waals surface area contributed by atoms with E-state index in [-0.39, 0.29) is 12.0 Å². The number of rotatable bonds is 4. The maximum Gasteiger partial charge on any atom is 0.419 e. The topological polar surface area (TPSA) is 38.0 Å². The van der Waals surface area contributed by atoms with Crippen LogP contribution in [0, 0.1) is 5.82 Å². The number of benzene rings is 1. The lowest BCUT2D eigenvalue weighted by atomic mass is 10.00. The highest BCUT2D eigenvalue weighted by molar-refractivity contribution is 7.16. The summed E-state index contributed by atoms with van der Waals surface area (Å²) in [6.07, 6.45) is -4.50. The van der Waals surface area contributed by atoms with Crippen molar-refractivity contribution in [1.82, 2.24) is 5.43 Å². The lowest BCUT2D eigenvalue weighted by Crippen LogP contribution is -2.30. The zero-order valence-electron chi connectivity index (χ0n) is 10.5. The monoisotopic (exact) mass is 338 g/mol. The van der Waals surface area contributed by atoms with Gasteiger partial charge in [0, 0.05) is 16.9 Å². The second-order valence-electron chi connectivity index (χ2n) is 4.34. The van der Waals surface area contributed by atoms with E-state index < -0.39 is 23.6 Å². The van der Waals surface area contributed by atoms with Crippen LogP contribution in [0.25, 0.3) is 0 Å². The Morgan fingerprint density at radius 3 is 2.48 bits per heavy atom. The summed E-state index contributed by atoms with van der Waals surface area (Å²) in [6, 6.07) is 5.76. The lowest BCUT2D eigenvalue weighted by Gasteiger charge is -2.18. The zero-order valence-corrected chi connectivity index (χ0v) is 12.1. The van der Waals surface area contributed by atoms with Crippen LogP contribution in [-0.4, -0.2) is 0 Å². The summed E-state index contributed by atoms with van der Waals surface area (Å²) in [6.45, 7) is 0. The van der Waals surface area contributed by atoms with Gasteiger partial charge in [0.05, 0.1) is 15.9 Å². The molecular weight excluding hydrogens is 328 g/mol. The van der Waals surface area contributed by atoms with Crippen LogP contribution < -0.4 is 11.3 Å². The molecule has 0 bridgehead atoms. The Bertz CT molecular complexity index is 627. The minimum atomic E-state index is -4.74. The van der Waals surface area contributed by atoms with Gasteiger partial charge in [0.1, 0.15) is 5.82 Å². The van der Waals surface area contributed by atoms with Crippen molar-refractivity contribution in [3.63, 3.8) is 0 Å². The molecule has 1 aromatic carbocycles. The first-order valence-electron chi connectivity index (χ1n) is 5.89. The highest BCUT2D eigenvalue weighted by Gasteiger charge is 2.35. The van der Waals surface area contributed by atoms with Gasteiger partial charge in [-0.05, 0) is 18.2 Å². The molecule has 8 heteroatoms. The smallest absolute Gasteiger partial charge is 0.271 e. The molecule has 2 aromatic rings. The van der Waals surface area contributed by atoms with Gasteiger partial charge in [-0.3, -0.25) is 11.3 Å². The first-order valence-corrected chi connectivity index (χ1v) is 7.08. The molecule has 0 spiro atoms. The van der Waals surface area contributed by atoms with E-state index in [4.69, 9.17) is 17.4 Å². The number of nitrogens with one attached hydrogen (secondary N) is 1. The van der Waals surface area contributed by atoms with Gasteiger partial charge in [-0.2, -0.15) is 13.2 Å². The first-order chi connectivity index (χ1) is 9.82. The lowest BCUT2D eigenvalue weighted by molar-refractivity contribution is -0.140. The highest BCUT2D eigenvalue weighted by Crippen LogP contribution is 2.35. The summed E-state index contributed by atoms with van der Waals surface area (Å²) in [4.78, 5) is 0.791. The second kappa shape index (κ2) is 6.31. The van der Waals surface area contributed by atoms with Crippen LogP contribution >= 0.6 is 22.9 Å². The third-order valence-electron chi connectivity index (χ3n) is 2.94. The van der Waals surface area contributed by atoms with Gasteiger partial charge in [-0.15, -0.1) is 11.3 Å². The van der Waals surface area contributed by atoms with E-state index in [1.807, 2.05) is 0 Å². The van der Waals surface area contributed by atoms with Crippen molar-refractivity contribution in [3.05, 3.63) is 56.5 Å². The quantitative estimate of drug-likeness (QED) is 0.495. The van der Waals surface area contributed by atoms with E-state index in [1.54, 1.807) is 12.1 Å². The molecule has 3 N–H and O–H groups in total. The molecule has 0 aliphatic heterocycles. The van der Waals surface area contributed by atoms with Crippen LogP contribution in [0.1, 0.15) is 22.0 Å². The Morgan fingerprint density at radius 1 is 1.24 bits per heavy atom. The van der Waals surface area contributed by atoms with E-state index in [0.29, 0.717) is 10.4 Å². The van der Waals surface area contributed by atoms with E-state index in [9.17, 15) is 17.6 Å². The molecule has 21 heavy (non-hydrogen) atoms. The van der Waals surface area contributed by atoms with Gasteiger partial charge in [-0.25, -0.2) is 4.39 Å². The summed E-state index contributed by atoms with van der Waals surface area (Å²) >= 11 is 7.06. The van der Waals surface area contributed by atoms with Crippen LogP contribution in [0.5, 0.6) is 0 Å². The number of hydrazine groups is 1. The van der Waals surface area contributed by atoms with Crippen molar-refractivity contribution in [2.24, 2.45) is 5.84 Å². The van der Waals surface area contributed by atoms with Crippen molar-refractivity contribution in [1.29, 1.82) is 0 Å². The van der Waals surface area contributed by atoms with E-state index in [2.05, 4.69) is 5.43 Å². The largest absolute Gasteiger partial charge is 0.419 e. The molecule has 2 nitrogen and oxygen atoms in total. The molecule has 0 saturated carbocycles. The van der Waals surface area contributed by atoms with Crippen molar-refractivity contribution >= 4 is 22.9 Å². The Morgan fingerprint density at radius 2 is 1.95 bits per heavy atom. The van der Waals surface area contributed by atoms with Crippen molar-refractivity contribution < 1.29 is 17.6 Å². The molecule has 2 rings (SSSR count). The summed E-state index contributed by atoms with van der Waals surface area (Å²) in [5, 5.41) is 0. The minimum absolute atomic E-state index is 0.128. The molecule has 1 heterocycles. The highest BCUT2D eigenvalue weighted by atomic mass is 35.5. The molecule has 0 radical (unpaired) electrons. The molecular formula is C13H11ClF4N2S. The van der Waals surface area contributed by atoms with E-state index >= 15 is 0 Å². The van der Waals surface area contributed by atoms with Gasteiger partial charge in [-0.1, -0.05) is 23.7 Å². The Kier molecular flexibility index (Phi) is 4.88. The zero-order chi connectivity index (χ0) is 15.6. The van der Waals surface area contributed by atoms with Gasteiger partial charge in [0.15, 0.2) is 0 Å². The summed E-state index contributed by atoms with van der Waals surface area (Å²) in [5.74, 6) is 4.05. The minimum Gasteiger partial charge on any atom is -0.271 e. The fraction of sp³-hybridized carbons (Fsp3) is 0.231. The predicted octanol–water partition coefficient (Wildman–Crippen LogP) is 4.31. The molecule has 1 unspecified atom stereocenters. The Labute approximate surface area is 127 Å². The molecule has 114 valence electrons. The van der Waals surface area contributed by atoms with E-state index in [0.717, 1.165) is 10.9 Å². The van der Waals surface area contributed by atoms with Crippen molar-refractivity contribution in [3.8, 4) is 0 Å². The third kappa shape index (κ3) is 3.74. The maximum absolute atomic E-state index is 14.1. The number of hydrogen-bond acceptors (Lipinski definition) is 3. The van der Waals surface area contributed by atoms with Crippen LogP contribution in [0.15, 0.2) is 30.3 Å². The molecule has 0 amide bonds. The van der Waals surface area contributed by atoms with Gasteiger partial charge in [0.2, 0.25) is 0 Å².